The summed E-state index contributed by atoms with van der Waals surface area (Å²) in [5.74, 6) is 0.571. The monoisotopic (exact) mass is 340 g/mol. The van der Waals surface area contributed by atoms with E-state index in [2.05, 4.69) is 15.1 Å². The number of aromatic nitrogens is 4. The molecule has 23 heavy (non-hydrogen) atoms. The van der Waals surface area contributed by atoms with E-state index in [1.54, 1.807) is 13.0 Å². The van der Waals surface area contributed by atoms with Crippen LogP contribution in [-0.4, -0.2) is 19.7 Å². The molecule has 0 atom stereocenters. The topological polar surface area (TPSA) is 52.8 Å². The van der Waals surface area contributed by atoms with Crippen molar-refractivity contribution < 1.29 is 17.9 Å². The Bertz CT molecular complexity index is 827. The highest BCUT2D eigenvalue weighted by atomic mass is 32.1. The average molecular weight is 340 g/mol. The number of hydrogen-bond donors (Lipinski definition) is 0. The minimum absolute atomic E-state index is 0.0494. The Morgan fingerprint density at radius 3 is 2.61 bits per heavy atom. The van der Waals surface area contributed by atoms with Crippen LogP contribution >= 0.6 is 11.3 Å². The molecule has 0 amide bonds. The summed E-state index contributed by atoms with van der Waals surface area (Å²) >= 11 is 1.50. The molecule has 3 aromatic rings. The van der Waals surface area contributed by atoms with E-state index in [0.717, 1.165) is 16.3 Å². The fourth-order valence-electron chi connectivity index (χ4n) is 1.90. The Balaban J connectivity index is 1.93. The summed E-state index contributed by atoms with van der Waals surface area (Å²) in [4.78, 5) is 8.53. The zero-order valence-electron chi connectivity index (χ0n) is 12.1. The predicted octanol–water partition coefficient (Wildman–Crippen LogP) is 4.06. The molecule has 3 heterocycles. The molecule has 3 rings (SSSR count). The predicted molar refractivity (Wildman–Crippen MR) is 78.4 cm³/mol. The molecule has 0 radical (unpaired) electrons. The number of thiophene rings is 1. The van der Waals surface area contributed by atoms with E-state index in [4.69, 9.17) is 4.74 Å². The van der Waals surface area contributed by atoms with E-state index in [1.807, 2.05) is 16.8 Å². The third-order valence-corrected chi connectivity index (χ3v) is 3.63. The molecular weight excluding hydrogens is 329 g/mol. The van der Waals surface area contributed by atoms with Gasteiger partial charge in [0.2, 0.25) is 11.8 Å². The van der Waals surface area contributed by atoms with E-state index in [1.165, 1.54) is 18.4 Å². The molecule has 0 spiro atoms. The first-order valence-corrected chi connectivity index (χ1v) is 7.44. The maximum Gasteiger partial charge on any atom is 0.435 e. The molecule has 0 saturated carbocycles. The Morgan fingerprint density at radius 2 is 2.00 bits per heavy atom. The highest BCUT2D eigenvalue weighted by molar-refractivity contribution is 7.08. The number of hydrogen-bond acceptors (Lipinski definition) is 5. The molecular formula is C14H11F3N4OS. The van der Waals surface area contributed by atoms with E-state index in [9.17, 15) is 13.2 Å². The smallest absolute Gasteiger partial charge is 0.421 e. The zero-order chi connectivity index (χ0) is 16.6. The van der Waals surface area contributed by atoms with Crippen LogP contribution in [0.2, 0.25) is 0 Å². The molecule has 9 heteroatoms. The highest BCUT2D eigenvalue weighted by Crippen LogP contribution is 2.32. The number of rotatable bonds is 3. The van der Waals surface area contributed by atoms with Gasteiger partial charge in [0, 0.05) is 35.8 Å². The molecule has 0 saturated heterocycles. The number of nitrogens with zero attached hydrogens (tertiary/aromatic N) is 4. The lowest BCUT2D eigenvalue weighted by molar-refractivity contribution is -0.141. The van der Waals surface area contributed by atoms with E-state index in [-0.39, 0.29) is 11.8 Å². The quantitative estimate of drug-likeness (QED) is 0.721. The summed E-state index contributed by atoms with van der Waals surface area (Å²) in [5.41, 5.74) is 0.456. The van der Waals surface area contributed by atoms with Gasteiger partial charge in [-0.05, 0) is 18.4 Å². The Kier molecular flexibility index (Phi) is 3.80. The SMILES string of the molecule is Cc1cc(Oc2cc(C(F)(F)F)nn2C)nc(-c2ccsc2)n1. The zero-order valence-corrected chi connectivity index (χ0v) is 12.9. The Labute approximate surface area is 133 Å². The number of ether oxygens (including phenoxy) is 1. The van der Waals surface area contributed by atoms with Crippen molar-refractivity contribution >= 4 is 11.3 Å². The van der Waals surface area contributed by atoms with Gasteiger partial charge in [-0.1, -0.05) is 0 Å². The molecule has 3 aromatic heterocycles. The van der Waals surface area contributed by atoms with Crippen molar-refractivity contribution in [3.8, 4) is 23.1 Å². The molecule has 0 aliphatic rings. The second-order valence-corrected chi connectivity index (χ2v) is 5.55. The van der Waals surface area contributed by atoms with Gasteiger partial charge in [-0.15, -0.1) is 0 Å². The molecule has 0 bridgehead atoms. The van der Waals surface area contributed by atoms with Gasteiger partial charge >= 0.3 is 6.18 Å². The molecule has 5 nitrogen and oxygen atoms in total. The van der Waals surface area contributed by atoms with Gasteiger partial charge in [-0.3, -0.25) is 0 Å². The van der Waals surface area contributed by atoms with E-state index in [0.29, 0.717) is 11.5 Å². The van der Waals surface area contributed by atoms with Crippen molar-refractivity contribution in [3.05, 3.63) is 40.3 Å². The summed E-state index contributed by atoms with van der Waals surface area (Å²) in [7, 11) is 1.37. The van der Waals surface area contributed by atoms with Gasteiger partial charge in [-0.2, -0.15) is 34.6 Å². The van der Waals surface area contributed by atoms with Crippen LogP contribution < -0.4 is 4.74 Å². The minimum Gasteiger partial charge on any atom is -0.421 e. The minimum atomic E-state index is -4.53. The van der Waals surface area contributed by atoms with Gasteiger partial charge < -0.3 is 4.74 Å². The lowest BCUT2D eigenvalue weighted by Gasteiger charge is -2.06. The summed E-state index contributed by atoms with van der Waals surface area (Å²) in [5, 5.41) is 7.16. The molecule has 0 fully saturated rings. The molecule has 120 valence electrons. The van der Waals surface area contributed by atoms with E-state index < -0.39 is 11.9 Å². The van der Waals surface area contributed by atoms with Crippen molar-refractivity contribution in [2.75, 3.05) is 0 Å². The fourth-order valence-corrected chi connectivity index (χ4v) is 2.54. The fraction of sp³-hybridized carbons (Fsp3) is 0.214. The van der Waals surface area contributed by atoms with Crippen LogP contribution in [0, 0.1) is 6.92 Å². The van der Waals surface area contributed by atoms with Crippen LogP contribution in [0.15, 0.2) is 29.0 Å². The van der Waals surface area contributed by atoms with Crippen LogP contribution in [0.3, 0.4) is 0 Å². The van der Waals surface area contributed by atoms with Crippen molar-refractivity contribution in [1.29, 1.82) is 0 Å². The van der Waals surface area contributed by atoms with Gasteiger partial charge in [-0.25, -0.2) is 9.67 Å². The van der Waals surface area contributed by atoms with Crippen LogP contribution in [0.1, 0.15) is 11.4 Å². The van der Waals surface area contributed by atoms with Crippen LogP contribution in [-0.2, 0) is 13.2 Å². The van der Waals surface area contributed by atoms with Gasteiger partial charge in [0.1, 0.15) is 0 Å². The maximum atomic E-state index is 12.7. The first-order valence-electron chi connectivity index (χ1n) is 6.50. The van der Waals surface area contributed by atoms with E-state index >= 15 is 0 Å². The largest absolute Gasteiger partial charge is 0.435 e. The highest BCUT2D eigenvalue weighted by Gasteiger charge is 2.35. The molecule has 0 unspecified atom stereocenters. The second-order valence-electron chi connectivity index (χ2n) is 4.77. The number of halogens is 3. The number of aryl methyl sites for hydroxylation is 2. The normalized spacial score (nSPS) is 11.7. The summed E-state index contributed by atoms with van der Waals surface area (Å²) in [6.45, 7) is 1.76. The third-order valence-electron chi connectivity index (χ3n) is 2.95. The number of alkyl halides is 3. The van der Waals surface area contributed by atoms with Crippen molar-refractivity contribution in [3.63, 3.8) is 0 Å². The van der Waals surface area contributed by atoms with Gasteiger partial charge in [0.25, 0.3) is 0 Å². The van der Waals surface area contributed by atoms with Crippen molar-refractivity contribution in [2.45, 2.75) is 13.1 Å². The average Bonchev–Trinajstić information content (AvgIpc) is 3.08. The lowest BCUT2D eigenvalue weighted by atomic mass is 10.3. The standard InChI is InChI=1S/C14H11F3N4OS/c1-8-5-11(19-13(18-8)9-3-4-23-7-9)22-12-6-10(14(15,16)17)20-21(12)2/h3-7H,1-2H3. The third kappa shape index (κ3) is 3.34. The summed E-state index contributed by atoms with van der Waals surface area (Å²) in [6.07, 6.45) is -4.53. The van der Waals surface area contributed by atoms with Crippen molar-refractivity contribution in [2.24, 2.45) is 7.05 Å². The first kappa shape index (κ1) is 15.5. The first-order chi connectivity index (χ1) is 10.8. The molecule has 0 aromatic carbocycles. The van der Waals surface area contributed by atoms with Crippen LogP contribution in [0.4, 0.5) is 13.2 Å². The van der Waals surface area contributed by atoms with Gasteiger partial charge in [0.15, 0.2) is 11.5 Å². The summed E-state index contributed by atoms with van der Waals surface area (Å²) in [6, 6.07) is 4.24. The molecule has 0 aliphatic heterocycles. The second kappa shape index (κ2) is 5.65. The van der Waals surface area contributed by atoms with Crippen molar-refractivity contribution in [1.82, 2.24) is 19.7 Å². The van der Waals surface area contributed by atoms with Crippen LogP contribution in [0.25, 0.3) is 11.4 Å². The lowest BCUT2D eigenvalue weighted by Crippen LogP contribution is -2.06. The Morgan fingerprint density at radius 1 is 1.22 bits per heavy atom. The Hall–Kier alpha value is -2.42. The maximum absolute atomic E-state index is 12.7. The summed E-state index contributed by atoms with van der Waals surface area (Å²) < 4.78 is 44.5. The van der Waals surface area contributed by atoms with Gasteiger partial charge in [0.05, 0.1) is 0 Å². The van der Waals surface area contributed by atoms with Crippen LogP contribution in [0.5, 0.6) is 11.8 Å². The molecule has 0 aliphatic carbocycles. The molecule has 0 N–H and O–H groups in total.